The van der Waals surface area contributed by atoms with Crippen LogP contribution in [-0.4, -0.2) is 64.6 Å². The van der Waals surface area contributed by atoms with Crippen molar-refractivity contribution in [2.45, 2.75) is 50.5 Å². The summed E-state index contributed by atoms with van der Waals surface area (Å²) in [6.45, 7) is 4.21. The predicted molar refractivity (Wildman–Crippen MR) is 95.5 cm³/mol. The first-order valence-electron chi connectivity index (χ1n) is 9.39. The molecule has 3 aliphatic rings. The zero-order valence-electron chi connectivity index (χ0n) is 14.3. The van der Waals surface area contributed by atoms with Gasteiger partial charge in [0.1, 0.15) is 5.76 Å². The summed E-state index contributed by atoms with van der Waals surface area (Å²) in [5, 5.41) is 4.08. The highest BCUT2D eigenvalue weighted by atomic mass is 32.2. The molecule has 0 aromatic carbocycles. The average molecular weight is 350 g/mol. The van der Waals surface area contributed by atoms with Gasteiger partial charge in [-0.2, -0.15) is 11.8 Å². The van der Waals surface area contributed by atoms with Crippen LogP contribution in [0.2, 0.25) is 0 Å². The summed E-state index contributed by atoms with van der Waals surface area (Å²) in [5.74, 6) is 3.65. The van der Waals surface area contributed by atoms with Gasteiger partial charge in [0.05, 0.1) is 6.04 Å². The van der Waals surface area contributed by atoms with Crippen LogP contribution in [0, 0.1) is 0 Å². The van der Waals surface area contributed by atoms with E-state index < -0.39 is 0 Å². The van der Waals surface area contributed by atoms with E-state index >= 15 is 0 Å². The van der Waals surface area contributed by atoms with Crippen molar-refractivity contribution in [3.63, 3.8) is 0 Å². The standard InChI is InChI=1S/C18H27N3O2S/c22-18(16-11-17(23-19-16)14-5-6-14)21-9-4-10-24-13-15(21)12-20-7-2-1-3-8-20/h11,14-15H,1-10,12-13H2/t15-/m0/s1. The Morgan fingerprint density at radius 1 is 1.21 bits per heavy atom. The number of carbonyl (C=O) groups excluding carboxylic acids is 1. The number of rotatable bonds is 4. The van der Waals surface area contributed by atoms with E-state index in [1.54, 1.807) is 0 Å². The van der Waals surface area contributed by atoms with E-state index in [1.807, 2.05) is 17.8 Å². The quantitative estimate of drug-likeness (QED) is 0.836. The van der Waals surface area contributed by atoms with Gasteiger partial charge in [-0.25, -0.2) is 0 Å². The minimum absolute atomic E-state index is 0.0650. The maximum atomic E-state index is 13.0. The van der Waals surface area contributed by atoms with Gasteiger partial charge >= 0.3 is 0 Å². The Morgan fingerprint density at radius 2 is 2.04 bits per heavy atom. The summed E-state index contributed by atoms with van der Waals surface area (Å²) in [6, 6.07) is 2.18. The molecule has 3 fully saturated rings. The molecule has 0 N–H and O–H groups in total. The zero-order valence-corrected chi connectivity index (χ0v) is 15.1. The summed E-state index contributed by atoms with van der Waals surface area (Å²) in [7, 11) is 0. The Labute approximate surface area is 148 Å². The predicted octanol–water partition coefficient (Wildman–Crippen LogP) is 2.99. The van der Waals surface area contributed by atoms with Gasteiger partial charge in [0.2, 0.25) is 0 Å². The van der Waals surface area contributed by atoms with Gasteiger partial charge in [-0.05, 0) is 50.9 Å². The molecule has 2 saturated heterocycles. The fraction of sp³-hybridized carbons (Fsp3) is 0.778. The minimum Gasteiger partial charge on any atom is -0.360 e. The number of hydrogen-bond acceptors (Lipinski definition) is 5. The lowest BCUT2D eigenvalue weighted by molar-refractivity contribution is 0.0635. The molecule has 6 heteroatoms. The van der Waals surface area contributed by atoms with Crippen molar-refractivity contribution < 1.29 is 9.32 Å². The Morgan fingerprint density at radius 3 is 2.83 bits per heavy atom. The van der Waals surface area contributed by atoms with Crippen LogP contribution >= 0.6 is 11.8 Å². The van der Waals surface area contributed by atoms with E-state index in [9.17, 15) is 4.79 Å². The third-order valence-corrected chi connectivity index (χ3v) is 6.54. The molecule has 0 bridgehead atoms. The van der Waals surface area contributed by atoms with Crippen molar-refractivity contribution in [1.82, 2.24) is 15.0 Å². The van der Waals surface area contributed by atoms with Crippen LogP contribution in [0.3, 0.4) is 0 Å². The minimum atomic E-state index is 0.0650. The van der Waals surface area contributed by atoms with E-state index in [0.29, 0.717) is 17.7 Å². The number of thioether (sulfide) groups is 1. The van der Waals surface area contributed by atoms with Crippen molar-refractivity contribution >= 4 is 17.7 Å². The third-order valence-electron chi connectivity index (χ3n) is 5.34. The highest BCUT2D eigenvalue weighted by Crippen LogP contribution is 2.40. The van der Waals surface area contributed by atoms with E-state index in [-0.39, 0.29) is 5.91 Å². The Hall–Kier alpha value is -1.01. The molecule has 1 atom stereocenters. The maximum absolute atomic E-state index is 13.0. The van der Waals surface area contributed by atoms with Crippen molar-refractivity contribution in [2.24, 2.45) is 0 Å². The molecular formula is C18H27N3O2S. The first-order chi connectivity index (χ1) is 11.8. The zero-order chi connectivity index (χ0) is 16.4. The van der Waals surface area contributed by atoms with Crippen LogP contribution in [0.15, 0.2) is 10.6 Å². The molecule has 4 rings (SSSR count). The molecule has 3 heterocycles. The fourth-order valence-corrected chi connectivity index (χ4v) is 4.84. The van der Waals surface area contributed by atoms with E-state index in [0.717, 1.165) is 36.8 Å². The SMILES string of the molecule is O=C(c1cc(C2CC2)on1)N1CCCSC[C@@H]1CN1CCCCC1. The Balaban J connectivity index is 1.46. The molecule has 24 heavy (non-hydrogen) atoms. The highest BCUT2D eigenvalue weighted by Gasteiger charge is 2.33. The van der Waals surface area contributed by atoms with Crippen LogP contribution in [0.25, 0.3) is 0 Å². The van der Waals surface area contributed by atoms with Gasteiger partial charge in [-0.1, -0.05) is 11.6 Å². The molecule has 5 nitrogen and oxygen atoms in total. The van der Waals surface area contributed by atoms with Gasteiger partial charge in [-0.3, -0.25) is 4.79 Å². The number of carbonyl (C=O) groups is 1. The number of aromatic nitrogens is 1. The fourth-order valence-electron chi connectivity index (χ4n) is 3.79. The van der Waals surface area contributed by atoms with E-state index in [4.69, 9.17) is 4.52 Å². The monoisotopic (exact) mass is 349 g/mol. The molecule has 0 spiro atoms. The summed E-state index contributed by atoms with van der Waals surface area (Å²) < 4.78 is 5.40. The van der Waals surface area contributed by atoms with Gasteiger partial charge in [0, 0.05) is 30.8 Å². The van der Waals surface area contributed by atoms with Crippen LogP contribution in [0.4, 0.5) is 0 Å². The highest BCUT2D eigenvalue weighted by molar-refractivity contribution is 7.99. The number of piperidine rings is 1. The van der Waals surface area contributed by atoms with Crippen molar-refractivity contribution in [1.29, 1.82) is 0 Å². The summed E-state index contributed by atoms with van der Waals surface area (Å²) in [6.07, 6.45) is 7.34. The number of amides is 1. The van der Waals surface area contributed by atoms with Gasteiger partial charge in [0.25, 0.3) is 5.91 Å². The van der Waals surface area contributed by atoms with Crippen molar-refractivity contribution in [2.75, 3.05) is 37.7 Å². The largest absolute Gasteiger partial charge is 0.360 e. The molecule has 1 aliphatic carbocycles. The second kappa shape index (κ2) is 7.48. The molecule has 2 aliphatic heterocycles. The average Bonchev–Trinajstić information content (AvgIpc) is 3.38. The second-order valence-corrected chi connectivity index (χ2v) is 8.48. The van der Waals surface area contributed by atoms with Crippen molar-refractivity contribution in [3.05, 3.63) is 17.5 Å². The molecule has 1 aromatic rings. The molecule has 0 radical (unpaired) electrons. The first-order valence-corrected chi connectivity index (χ1v) is 10.5. The van der Waals surface area contributed by atoms with E-state index in [1.165, 1.54) is 45.2 Å². The van der Waals surface area contributed by atoms with Crippen LogP contribution in [0.5, 0.6) is 0 Å². The molecule has 1 amide bonds. The second-order valence-electron chi connectivity index (χ2n) is 7.33. The number of hydrogen-bond donors (Lipinski definition) is 0. The van der Waals surface area contributed by atoms with Crippen molar-refractivity contribution in [3.8, 4) is 0 Å². The third kappa shape index (κ3) is 3.80. The summed E-state index contributed by atoms with van der Waals surface area (Å²) >= 11 is 1.98. The smallest absolute Gasteiger partial charge is 0.276 e. The molecule has 132 valence electrons. The summed E-state index contributed by atoms with van der Waals surface area (Å²) in [4.78, 5) is 17.6. The number of nitrogens with zero attached hydrogens (tertiary/aromatic N) is 3. The first kappa shape index (κ1) is 16.5. The van der Waals surface area contributed by atoms with Crippen LogP contribution in [-0.2, 0) is 0 Å². The number of likely N-dealkylation sites (tertiary alicyclic amines) is 1. The van der Waals surface area contributed by atoms with Crippen LogP contribution < -0.4 is 0 Å². The van der Waals surface area contributed by atoms with Gasteiger partial charge < -0.3 is 14.3 Å². The lowest BCUT2D eigenvalue weighted by atomic mass is 10.1. The molecule has 1 aromatic heterocycles. The Kier molecular flexibility index (Phi) is 5.13. The maximum Gasteiger partial charge on any atom is 0.276 e. The van der Waals surface area contributed by atoms with Gasteiger partial charge in [-0.15, -0.1) is 0 Å². The van der Waals surface area contributed by atoms with Crippen LogP contribution in [0.1, 0.15) is 60.7 Å². The Bertz CT molecular complexity index is 566. The molecule has 1 saturated carbocycles. The normalized spacial score (nSPS) is 26.3. The molecule has 0 unspecified atom stereocenters. The lowest BCUT2D eigenvalue weighted by Crippen LogP contribution is -2.49. The van der Waals surface area contributed by atoms with E-state index in [2.05, 4.69) is 15.0 Å². The molecular weight excluding hydrogens is 322 g/mol. The topological polar surface area (TPSA) is 49.6 Å². The summed E-state index contributed by atoms with van der Waals surface area (Å²) in [5.41, 5.74) is 0.507. The van der Waals surface area contributed by atoms with Gasteiger partial charge in [0.15, 0.2) is 5.69 Å². The lowest BCUT2D eigenvalue weighted by Gasteiger charge is -2.35.